The second kappa shape index (κ2) is 8.07. The van der Waals surface area contributed by atoms with Crippen molar-refractivity contribution < 1.29 is 9.53 Å². The van der Waals surface area contributed by atoms with Crippen LogP contribution in [-0.2, 0) is 6.54 Å². The van der Waals surface area contributed by atoms with Gasteiger partial charge in [0.2, 0.25) is 0 Å². The van der Waals surface area contributed by atoms with E-state index in [-0.39, 0.29) is 11.8 Å². The van der Waals surface area contributed by atoms with Crippen LogP contribution >= 0.6 is 0 Å². The minimum atomic E-state index is -0.0628. The first-order valence-corrected chi connectivity index (χ1v) is 10.0. The lowest BCUT2D eigenvalue weighted by Crippen LogP contribution is -2.25. The van der Waals surface area contributed by atoms with Crippen LogP contribution in [0.5, 0.6) is 5.75 Å². The Bertz CT molecular complexity index is 990. The maximum atomic E-state index is 13.2. The van der Waals surface area contributed by atoms with Crippen molar-refractivity contribution >= 4 is 5.91 Å². The first-order valence-electron chi connectivity index (χ1n) is 10.0. The van der Waals surface area contributed by atoms with E-state index < -0.39 is 0 Å². The molecule has 0 unspecified atom stereocenters. The number of methoxy groups -OCH3 is 1. The van der Waals surface area contributed by atoms with Crippen LogP contribution in [0.3, 0.4) is 0 Å². The van der Waals surface area contributed by atoms with E-state index in [1.165, 1.54) is 0 Å². The van der Waals surface area contributed by atoms with Gasteiger partial charge in [0.05, 0.1) is 29.7 Å². The summed E-state index contributed by atoms with van der Waals surface area (Å²) in [7, 11) is 1.65. The van der Waals surface area contributed by atoms with Crippen molar-refractivity contribution in [3.05, 3.63) is 71.3 Å². The standard InChI is InChI=1S/C23H26N4O2/c1-15(2)22-20(23(28)25-14-16-10-12-24-13-11-16)21(17-4-5-17)26-27(22)18-6-8-19(29-3)9-7-18/h6-13,15,17H,4-5,14H2,1-3H3,(H,25,28). The SMILES string of the molecule is COc1ccc(-n2nc(C3CC3)c(C(=O)NCc3ccncc3)c2C(C)C)cc1. The van der Waals surface area contributed by atoms with Crippen molar-refractivity contribution in [2.24, 2.45) is 0 Å². The van der Waals surface area contributed by atoms with E-state index in [1.807, 2.05) is 41.1 Å². The lowest BCUT2D eigenvalue weighted by atomic mass is 10.0. The Morgan fingerprint density at radius 2 is 1.86 bits per heavy atom. The van der Waals surface area contributed by atoms with E-state index in [0.717, 1.165) is 46.8 Å². The molecule has 6 heteroatoms. The number of amides is 1. The number of carbonyl (C=O) groups is 1. The van der Waals surface area contributed by atoms with Gasteiger partial charge in [-0.05, 0) is 60.7 Å². The Balaban J connectivity index is 1.71. The van der Waals surface area contributed by atoms with E-state index in [2.05, 4.69) is 24.1 Å². The number of nitrogens with one attached hydrogen (secondary N) is 1. The van der Waals surface area contributed by atoms with Gasteiger partial charge in [-0.25, -0.2) is 4.68 Å². The highest BCUT2D eigenvalue weighted by atomic mass is 16.5. The Labute approximate surface area is 170 Å². The first-order chi connectivity index (χ1) is 14.1. The van der Waals surface area contributed by atoms with Crippen molar-refractivity contribution in [3.63, 3.8) is 0 Å². The number of benzene rings is 1. The van der Waals surface area contributed by atoms with Crippen LogP contribution in [0.4, 0.5) is 0 Å². The molecule has 1 aliphatic carbocycles. The fourth-order valence-corrected chi connectivity index (χ4v) is 3.55. The second-order valence-electron chi connectivity index (χ2n) is 7.72. The van der Waals surface area contributed by atoms with E-state index >= 15 is 0 Å². The van der Waals surface area contributed by atoms with Gasteiger partial charge < -0.3 is 10.1 Å². The number of carbonyl (C=O) groups excluding carboxylic acids is 1. The number of hydrogen-bond donors (Lipinski definition) is 1. The molecule has 0 radical (unpaired) electrons. The third-order valence-electron chi connectivity index (χ3n) is 5.21. The smallest absolute Gasteiger partial charge is 0.255 e. The number of ether oxygens (including phenoxy) is 1. The molecule has 2 heterocycles. The predicted octanol–water partition coefficient (Wildman–Crippen LogP) is 4.21. The third-order valence-corrected chi connectivity index (χ3v) is 5.21. The van der Waals surface area contributed by atoms with E-state index in [9.17, 15) is 4.79 Å². The molecular formula is C23H26N4O2. The minimum Gasteiger partial charge on any atom is -0.497 e. The summed E-state index contributed by atoms with van der Waals surface area (Å²) < 4.78 is 7.20. The molecule has 0 bridgehead atoms. The zero-order chi connectivity index (χ0) is 20.4. The Morgan fingerprint density at radius 1 is 1.17 bits per heavy atom. The Hall–Kier alpha value is -3.15. The molecule has 1 aliphatic rings. The fourth-order valence-electron chi connectivity index (χ4n) is 3.55. The van der Waals surface area contributed by atoms with E-state index in [1.54, 1.807) is 19.5 Å². The summed E-state index contributed by atoms with van der Waals surface area (Å²) in [5.74, 6) is 1.25. The largest absolute Gasteiger partial charge is 0.497 e. The monoisotopic (exact) mass is 390 g/mol. The zero-order valence-electron chi connectivity index (χ0n) is 17.1. The molecule has 29 heavy (non-hydrogen) atoms. The highest BCUT2D eigenvalue weighted by Crippen LogP contribution is 2.43. The van der Waals surface area contributed by atoms with Crippen LogP contribution in [0.15, 0.2) is 48.8 Å². The molecule has 1 N–H and O–H groups in total. The molecule has 3 aromatic rings. The molecule has 0 saturated heterocycles. The highest BCUT2D eigenvalue weighted by molar-refractivity contribution is 5.97. The second-order valence-corrected chi connectivity index (χ2v) is 7.72. The van der Waals surface area contributed by atoms with Gasteiger partial charge in [-0.3, -0.25) is 9.78 Å². The molecule has 0 spiro atoms. The maximum Gasteiger partial charge on any atom is 0.255 e. The molecule has 4 rings (SSSR count). The summed E-state index contributed by atoms with van der Waals surface area (Å²) in [4.78, 5) is 17.3. The van der Waals surface area contributed by atoms with Crippen LogP contribution < -0.4 is 10.1 Å². The van der Waals surface area contributed by atoms with Gasteiger partial charge in [-0.15, -0.1) is 0 Å². The van der Waals surface area contributed by atoms with E-state index in [4.69, 9.17) is 9.84 Å². The van der Waals surface area contributed by atoms with Crippen LogP contribution in [0.2, 0.25) is 0 Å². The fraction of sp³-hybridized carbons (Fsp3) is 0.348. The van der Waals surface area contributed by atoms with Crippen LogP contribution in [-0.4, -0.2) is 27.8 Å². The van der Waals surface area contributed by atoms with Gasteiger partial charge in [0.15, 0.2) is 0 Å². The molecule has 0 aliphatic heterocycles. The minimum absolute atomic E-state index is 0.0628. The van der Waals surface area contributed by atoms with E-state index in [0.29, 0.717) is 12.5 Å². The molecule has 1 amide bonds. The number of aromatic nitrogens is 3. The summed E-state index contributed by atoms with van der Waals surface area (Å²) >= 11 is 0. The highest BCUT2D eigenvalue weighted by Gasteiger charge is 2.35. The summed E-state index contributed by atoms with van der Waals surface area (Å²) in [5, 5.41) is 7.98. The summed E-state index contributed by atoms with van der Waals surface area (Å²) in [6.45, 7) is 4.68. The van der Waals surface area contributed by atoms with Gasteiger partial charge in [0.25, 0.3) is 5.91 Å². The number of nitrogens with zero attached hydrogens (tertiary/aromatic N) is 3. The maximum absolute atomic E-state index is 13.2. The summed E-state index contributed by atoms with van der Waals surface area (Å²) in [6.07, 6.45) is 5.64. The van der Waals surface area contributed by atoms with Crippen molar-refractivity contribution in [2.75, 3.05) is 7.11 Å². The van der Waals surface area contributed by atoms with Gasteiger partial charge in [0, 0.05) is 24.9 Å². The number of hydrogen-bond acceptors (Lipinski definition) is 4. The van der Waals surface area contributed by atoms with Crippen molar-refractivity contribution in [1.82, 2.24) is 20.1 Å². The molecule has 150 valence electrons. The first kappa shape index (κ1) is 19.2. The summed E-state index contributed by atoms with van der Waals surface area (Å²) in [6, 6.07) is 11.6. The Morgan fingerprint density at radius 3 is 2.45 bits per heavy atom. The average molecular weight is 390 g/mol. The summed E-state index contributed by atoms with van der Waals surface area (Å²) in [5.41, 5.74) is 4.55. The number of pyridine rings is 1. The van der Waals surface area contributed by atoms with Crippen molar-refractivity contribution in [2.45, 2.75) is 45.1 Å². The molecule has 2 aromatic heterocycles. The lowest BCUT2D eigenvalue weighted by molar-refractivity contribution is 0.0948. The number of rotatable bonds is 7. The van der Waals surface area contributed by atoms with Gasteiger partial charge in [-0.1, -0.05) is 13.8 Å². The molecule has 0 atom stereocenters. The molecular weight excluding hydrogens is 364 g/mol. The predicted molar refractivity (Wildman–Crippen MR) is 112 cm³/mol. The molecule has 6 nitrogen and oxygen atoms in total. The van der Waals surface area contributed by atoms with Crippen LogP contribution in [0.25, 0.3) is 5.69 Å². The van der Waals surface area contributed by atoms with Crippen LogP contribution in [0, 0.1) is 0 Å². The lowest BCUT2D eigenvalue weighted by Gasteiger charge is -2.13. The average Bonchev–Trinajstić information content (AvgIpc) is 3.51. The van der Waals surface area contributed by atoms with Gasteiger partial charge >= 0.3 is 0 Å². The van der Waals surface area contributed by atoms with Crippen molar-refractivity contribution in [3.8, 4) is 11.4 Å². The molecule has 1 saturated carbocycles. The topological polar surface area (TPSA) is 69.0 Å². The normalized spacial score (nSPS) is 13.5. The van der Waals surface area contributed by atoms with Gasteiger partial charge in [0.1, 0.15) is 5.75 Å². The zero-order valence-corrected chi connectivity index (χ0v) is 17.1. The van der Waals surface area contributed by atoms with Crippen molar-refractivity contribution in [1.29, 1.82) is 0 Å². The molecule has 1 aromatic carbocycles. The van der Waals surface area contributed by atoms with Gasteiger partial charge in [-0.2, -0.15) is 5.10 Å². The third kappa shape index (κ3) is 4.01. The Kier molecular flexibility index (Phi) is 5.34. The van der Waals surface area contributed by atoms with Crippen LogP contribution in [0.1, 0.15) is 65.8 Å². The quantitative estimate of drug-likeness (QED) is 0.656. The molecule has 1 fully saturated rings.